The maximum absolute atomic E-state index is 12.5. The molecule has 2 aromatic carbocycles. The molecule has 0 bridgehead atoms. The lowest BCUT2D eigenvalue weighted by Crippen LogP contribution is -2.35. The van der Waals surface area contributed by atoms with Gasteiger partial charge in [-0.1, -0.05) is 42.5 Å². The van der Waals surface area contributed by atoms with Gasteiger partial charge in [0.05, 0.1) is 12.3 Å². The van der Waals surface area contributed by atoms with E-state index in [1.165, 1.54) is 11.1 Å². The maximum atomic E-state index is 12.5. The van der Waals surface area contributed by atoms with Crippen molar-refractivity contribution in [3.63, 3.8) is 0 Å². The molecule has 2 aliphatic rings. The lowest BCUT2D eigenvalue weighted by Gasteiger charge is -2.27. The van der Waals surface area contributed by atoms with Crippen LogP contribution in [-0.2, 0) is 25.9 Å². The second kappa shape index (κ2) is 6.67. The second-order valence-corrected chi connectivity index (χ2v) is 7.21. The Hall–Kier alpha value is -2.92. The first-order chi connectivity index (χ1) is 13.3. The molecule has 0 radical (unpaired) electrons. The molecule has 5 heteroatoms. The molecule has 0 saturated carbocycles. The molecule has 0 fully saturated rings. The van der Waals surface area contributed by atoms with Gasteiger partial charge < -0.3 is 9.72 Å². The number of H-pyrrole nitrogens is 1. The molecule has 136 valence electrons. The highest BCUT2D eigenvalue weighted by Gasteiger charge is 2.22. The quantitative estimate of drug-likeness (QED) is 0.781. The highest BCUT2D eigenvalue weighted by Crippen LogP contribution is 2.27. The highest BCUT2D eigenvalue weighted by atomic mass is 16.5. The Kier molecular flexibility index (Phi) is 4.02. The Labute approximate surface area is 157 Å². The van der Waals surface area contributed by atoms with Crippen LogP contribution in [0.4, 0.5) is 0 Å². The third-order valence-corrected chi connectivity index (χ3v) is 5.36. The largest absolute Gasteiger partial charge is 0.493 e. The van der Waals surface area contributed by atoms with Crippen molar-refractivity contribution in [2.45, 2.75) is 25.9 Å². The fourth-order valence-corrected chi connectivity index (χ4v) is 3.96. The molecule has 0 atom stereocenters. The summed E-state index contributed by atoms with van der Waals surface area (Å²) in [6.45, 7) is 3.22. The van der Waals surface area contributed by atoms with Crippen molar-refractivity contribution in [2.24, 2.45) is 0 Å². The Morgan fingerprint density at radius 1 is 1.11 bits per heavy atom. The first-order valence-electron chi connectivity index (χ1n) is 9.41. The van der Waals surface area contributed by atoms with E-state index in [9.17, 15) is 4.79 Å². The average molecular weight is 359 g/mol. The van der Waals surface area contributed by atoms with Gasteiger partial charge in [-0.3, -0.25) is 9.69 Å². The highest BCUT2D eigenvalue weighted by molar-refractivity contribution is 5.54. The Bertz CT molecular complexity index is 1040. The minimum Gasteiger partial charge on any atom is -0.493 e. The van der Waals surface area contributed by atoms with Crippen molar-refractivity contribution in [1.82, 2.24) is 14.9 Å². The third kappa shape index (κ3) is 3.15. The number of nitrogens with one attached hydrogen (secondary N) is 1. The van der Waals surface area contributed by atoms with Crippen LogP contribution in [0.5, 0.6) is 5.75 Å². The van der Waals surface area contributed by atoms with Gasteiger partial charge in [-0.05, 0) is 23.6 Å². The molecular formula is C22H21N3O2. The molecule has 1 aromatic heterocycles. The van der Waals surface area contributed by atoms with Crippen LogP contribution in [0.25, 0.3) is 11.4 Å². The predicted molar refractivity (Wildman–Crippen MR) is 104 cm³/mol. The van der Waals surface area contributed by atoms with E-state index in [2.05, 4.69) is 28.1 Å². The lowest BCUT2D eigenvalue weighted by atomic mass is 10.0. The van der Waals surface area contributed by atoms with Crippen LogP contribution in [0.1, 0.15) is 22.4 Å². The van der Waals surface area contributed by atoms with Gasteiger partial charge in [0.25, 0.3) is 5.56 Å². The van der Waals surface area contributed by atoms with E-state index in [1.54, 1.807) is 0 Å². The molecule has 0 amide bonds. The SMILES string of the molecule is O=c1[nH]c(-c2ccccc2)nc2c1CCN(Cc1ccc3c(c1)CCO3)C2. The number of nitrogens with zero attached hydrogens (tertiary/aromatic N) is 2. The van der Waals surface area contributed by atoms with Crippen LogP contribution in [0.2, 0.25) is 0 Å². The van der Waals surface area contributed by atoms with Crippen molar-refractivity contribution < 1.29 is 4.74 Å². The van der Waals surface area contributed by atoms with Gasteiger partial charge in [0.2, 0.25) is 0 Å². The zero-order chi connectivity index (χ0) is 18.2. The number of aromatic amines is 1. The minimum absolute atomic E-state index is 0.00631. The monoisotopic (exact) mass is 359 g/mol. The summed E-state index contributed by atoms with van der Waals surface area (Å²) in [7, 11) is 0. The molecule has 0 aliphatic carbocycles. The van der Waals surface area contributed by atoms with Crippen molar-refractivity contribution in [1.29, 1.82) is 0 Å². The molecule has 3 aromatic rings. The van der Waals surface area contributed by atoms with Crippen molar-refractivity contribution in [3.8, 4) is 17.1 Å². The van der Waals surface area contributed by atoms with Gasteiger partial charge in [0.15, 0.2) is 0 Å². The molecule has 0 saturated heterocycles. The summed E-state index contributed by atoms with van der Waals surface area (Å²) < 4.78 is 5.60. The number of benzene rings is 2. The number of hydrogen-bond donors (Lipinski definition) is 1. The number of fused-ring (bicyclic) bond motifs is 2. The maximum Gasteiger partial charge on any atom is 0.254 e. The van der Waals surface area contributed by atoms with Crippen molar-refractivity contribution in [2.75, 3.05) is 13.2 Å². The predicted octanol–water partition coefficient (Wildman–Crippen LogP) is 2.93. The van der Waals surface area contributed by atoms with Crippen LogP contribution >= 0.6 is 0 Å². The van der Waals surface area contributed by atoms with Crippen LogP contribution < -0.4 is 10.3 Å². The average Bonchev–Trinajstić information content (AvgIpc) is 3.16. The smallest absolute Gasteiger partial charge is 0.254 e. The molecular weight excluding hydrogens is 338 g/mol. The molecule has 5 nitrogen and oxygen atoms in total. The van der Waals surface area contributed by atoms with Crippen LogP contribution in [-0.4, -0.2) is 28.0 Å². The van der Waals surface area contributed by atoms with E-state index in [-0.39, 0.29) is 5.56 Å². The van der Waals surface area contributed by atoms with Crippen molar-refractivity contribution in [3.05, 3.63) is 81.3 Å². The number of hydrogen-bond acceptors (Lipinski definition) is 4. The van der Waals surface area contributed by atoms with Gasteiger partial charge in [-0.15, -0.1) is 0 Å². The van der Waals surface area contributed by atoms with Gasteiger partial charge in [-0.2, -0.15) is 0 Å². The fourth-order valence-electron chi connectivity index (χ4n) is 3.96. The Morgan fingerprint density at radius 2 is 2.00 bits per heavy atom. The number of ether oxygens (including phenoxy) is 1. The van der Waals surface area contributed by atoms with Gasteiger partial charge in [0.1, 0.15) is 11.6 Å². The summed E-state index contributed by atoms with van der Waals surface area (Å²) in [5.41, 5.74) is 5.24. The van der Waals surface area contributed by atoms with Gasteiger partial charge in [-0.25, -0.2) is 4.98 Å². The molecule has 0 spiro atoms. The fraction of sp³-hybridized carbons (Fsp3) is 0.273. The van der Waals surface area contributed by atoms with Gasteiger partial charge >= 0.3 is 0 Å². The van der Waals surface area contributed by atoms with Crippen LogP contribution in [0, 0.1) is 0 Å². The summed E-state index contributed by atoms with van der Waals surface area (Å²) >= 11 is 0. The lowest BCUT2D eigenvalue weighted by molar-refractivity contribution is 0.240. The first-order valence-corrected chi connectivity index (χ1v) is 9.41. The topological polar surface area (TPSA) is 58.2 Å². The van der Waals surface area contributed by atoms with E-state index >= 15 is 0 Å². The van der Waals surface area contributed by atoms with Crippen molar-refractivity contribution >= 4 is 0 Å². The number of aromatic nitrogens is 2. The molecule has 1 N–H and O–H groups in total. The number of rotatable bonds is 3. The summed E-state index contributed by atoms with van der Waals surface area (Å²) in [5, 5.41) is 0. The second-order valence-electron chi connectivity index (χ2n) is 7.21. The Morgan fingerprint density at radius 3 is 2.89 bits per heavy atom. The van der Waals surface area contributed by atoms with Gasteiger partial charge in [0, 0.05) is 37.2 Å². The summed E-state index contributed by atoms with van der Waals surface area (Å²) in [5.74, 6) is 1.67. The zero-order valence-corrected chi connectivity index (χ0v) is 15.1. The summed E-state index contributed by atoms with van der Waals surface area (Å²) in [4.78, 5) is 22.6. The summed E-state index contributed by atoms with van der Waals surface area (Å²) in [6, 6.07) is 16.3. The molecule has 2 aliphatic heterocycles. The third-order valence-electron chi connectivity index (χ3n) is 5.36. The van der Waals surface area contributed by atoms with E-state index in [0.717, 1.165) is 55.1 Å². The van der Waals surface area contributed by atoms with E-state index in [0.29, 0.717) is 12.4 Å². The van der Waals surface area contributed by atoms with E-state index < -0.39 is 0 Å². The molecule has 27 heavy (non-hydrogen) atoms. The normalized spacial score (nSPS) is 15.9. The van der Waals surface area contributed by atoms with E-state index in [1.807, 2.05) is 30.3 Å². The Balaban J connectivity index is 1.40. The standard InChI is InChI=1S/C22H21N3O2/c26-22-18-8-10-25(13-15-6-7-20-17(12-15)9-11-27-20)14-19(18)23-21(24-22)16-4-2-1-3-5-16/h1-7,12H,8-11,13-14H2,(H,23,24,26). The summed E-state index contributed by atoms with van der Waals surface area (Å²) in [6.07, 6.45) is 1.73. The first kappa shape index (κ1) is 16.3. The van der Waals surface area contributed by atoms with Crippen LogP contribution in [0.3, 0.4) is 0 Å². The minimum atomic E-state index is -0.00631. The van der Waals surface area contributed by atoms with E-state index in [4.69, 9.17) is 9.72 Å². The van der Waals surface area contributed by atoms with Crippen LogP contribution in [0.15, 0.2) is 53.3 Å². The molecule has 5 rings (SSSR count). The zero-order valence-electron chi connectivity index (χ0n) is 15.1. The molecule has 0 unspecified atom stereocenters. The molecule has 3 heterocycles.